The van der Waals surface area contributed by atoms with Gasteiger partial charge in [-0.25, -0.2) is 0 Å². The summed E-state index contributed by atoms with van der Waals surface area (Å²) in [7, 11) is 0. The van der Waals surface area contributed by atoms with Gasteiger partial charge in [-0.3, -0.25) is 9.59 Å². The number of hydrogen-bond acceptors (Lipinski definition) is 5. The summed E-state index contributed by atoms with van der Waals surface area (Å²) in [5.74, 6) is 0.271. The average Bonchev–Trinajstić information content (AvgIpc) is 3.17. The van der Waals surface area contributed by atoms with E-state index in [1.54, 1.807) is 12.1 Å². The molecule has 0 radical (unpaired) electrons. The van der Waals surface area contributed by atoms with Crippen LogP contribution in [0.15, 0.2) is 52.1 Å². The van der Waals surface area contributed by atoms with Crippen molar-refractivity contribution in [3.05, 3.63) is 68.4 Å². The minimum atomic E-state index is -0.423. The molecule has 2 amide bonds. The lowest BCUT2D eigenvalue weighted by atomic mass is 10.2. The summed E-state index contributed by atoms with van der Waals surface area (Å²) in [6.45, 7) is 4.34. The van der Waals surface area contributed by atoms with Crippen molar-refractivity contribution in [3.63, 3.8) is 0 Å². The van der Waals surface area contributed by atoms with Crippen molar-refractivity contribution in [1.29, 1.82) is 0 Å². The fraction of sp³-hybridized carbons (Fsp3) is 0.238. The Balaban J connectivity index is 1.63. The minimum Gasteiger partial charge on any atom is -0.342 e. The Morgan fingerprint density at radius 1 is 1.16 bits per heavy atom. The smallest absolute Gasteiger partial charge is 0.253 e. The third-order valence-electron chi connectivity index (χ3n) is 4.43. The normalized spacial score (nSPS) is 11.8. The molecule has 32 heavy (non-hydrogen) atoms. The maximum atomic E-state index is 12.6. The molecule has 0 spiro atoms. The van der Waals surface area contributed by atoms with Gasteiger partial charge in [-0.15, -0.1) is 10.2 Å². The van der Waals surface area contributed by atoms with Crippen molar-refractivity contribution in [2.24, 2.45) is 0 Å². The van der Waals surface area contributed by atoms with E-state index in [9.17, 15) is 9.59 Å². The van der Waals surface area contributed by atoms with Crippen molar-refractivity contribution in [1.82, 2.24) is 20.1 Å². The van der Waals surface area contributed by atoms with Crippen LogP contribution in [-0.4, -0.2) is 32.3 Å². The van der Waals surface area contributed by atoms with Gasteiger partial charge in [0.05, 0.1) is 22.4 Å². The second-order valence-electron chi connectivity index (χ2n) is 6.75. The molecule has 11 heteroatoms. The molecule has 3 rings (SSSR count). The van der Waals surface area contributed by atoms with Gasteiger partial charge in [0.1, 0.15) is 0 Å². The quantitative estimate of drug-likeness (QED) is 0.353. The lowest BCUT2D eigenvalue weighted by Crippen LogP contribution is -2.29. The molecule has 7 nitrogen and oxygen atoms in total. The second kappa shape index (κ2) is 11.2. The van der Waals surface area contributed by atoms with Crippen LogP contribution in [0, 0.1) is 0 Å². The zero-order valence-electron chi connectivity index (χ0n) is 17.2. The number of carbonyl (C=O) groups excluding carboxylic acids is 2. The van der Waals surface area contributed by atoms with Gasteiger partial charge in [0.25, 0.3) is 5.91 Å². The zero-order valence-corrected chi connectivity index (χ0v) is 21.1. The number of thioether (sulfide) groups is 1. The highest BCUT2D eigenvalue weighted by Gasteiger charge is 2.21. The first-order chi connectivity index (χ1) is 15.3. The molecule has 0 aliphatic heterocycles. The SMILES string of the molecule is CCn1c(SCC(=O)Nc2ccc(Br)cc2)nnc1[C@@H](C)NC(=O)c1ccc(Cl)cc1Cl. The van der Waals surface area contributed by atoms with Crippen molar-refractivity contribution in [2.45, 2.75) is 31.6 Å². The fourth-order valence-corrected chi connectivity index (χ4v) is 4.47. The first-order valence-electron chi connectivity index (χ1n) is 9.65. The van der Waals surface area contributed by atoms with E-state index in [0.29, 0.717) is 33.8 Å². The summed E-state index contributed by atoms with van der Waals surface area (Å²) in [6.07, 6.45) is 0. The highest BCUT2D eigenvalue weighted by molar-refractivity contribution is 9.10. The number of aromatic nitrogens is 3. The van der Waals surface area contributed by atoms with E-state index in [-0.39, 0.29) is 22.6 Å². The minimum absolute atomic E-state index is 0.150. The second-order valence-corrected chi connectivity index (χ2v) is 9.45. The summed E-state index contributed by atoms with van der Waals surface area (Å²) in [5.41, 5.74) is 1.04. The highest BCUT2D eigenvalue weighted by Crippen LogP contribution is 2.24. The van der Waals surface area contributed by atoms with E-state index in [1.807, 2.05) is 42.7 Å². The van der Waals surface area contributed by atoms with Crippen LogP contribution in [0.4, 0.5) is 5.69 Å². The number of halogens is 3. The van der Waals surface area contributed by atoms with Crippen molar-refractivity contribution >= 4 is 68.4 Å². The molecule has 0 aliphatic rings. The summed E-state index contributed by atoms with van der Waals surface area (Å²) >= 11 is 16.7. The van der Waals surface area contributed by atoms with Gasteiger partial charge in [0.15, 0.2) is 11.0 Å². The maximum absolute atomic E-state index is 12.6. The van der Waals surface area contributed by atoms with Gasteiger partial charge in [-0.2, -0.15) is 0 Å². The van der Waals surface area contributed by atoms with E-state index >= 15 is 0 Å². The summed E-state index contributed by atoms with van der Waals surface area (Å²) in [5, 5.41) is 15.5. The first kappa shape index (κ1) is 24.6. The maximum Gasteiger partial charge on any atom is 0.253 e. The Morgan fingerprint density at radius 3 is 2.53 bits per heavy atom. The number of rotatable bonds is 8. The molecular formula is C21H20BrCl2N5O2S. The number of nitrogens with one attached hydrogen (secondary N) is 2. The van der Waals surface area contributed by atoms with Crippen LogP contribution >= 0.6 is 50.9 Å². The van der Waals surface area contributed by atoms with E-state index in [4.69, 9.17) is 23.2 Å². The fourth-order valence-electron chi connectivity index (χ4n) is 2.90. The predicted molar refractivity (Wildman–Crippen MR) is 132 cm³/mol. The van der Waals surface area contributed by atoms with Crippen LogP contribution in [0.25, 0.3) is 0 Å². The number of benzene rings is 2. The molecule has 2 N–H and O–H groups in total. The van der Waals surface area contributed by atoms with E-state index in [0.717, 1.165) is 4.47 Å². The van der Waals surface area contributed by atoms with E-state index < -0.39 is 6.04 Å². The number of hydrogen-bond donors (Lipinski definition) is 2. The largest absolute Gasteiger partial charge is 0.342 e. The van der Waals surface area contributed by atoms with Gasteiger partial charge in [0, 0.05) is 21.7 Å². The van der Waals surface area contributed by atoms with Crippen LogP contribution in [-0.2, 0) is 11.3 Å². The van der Waals surface area contributed by atoms with Gasteiger partial charge < -0.3 is 15.2 Å². The van der Waals surface area contributed by atoms with Crippen LogP contribution < -0.4 is 10.6 Å². The number of anilines is 1. The van der Waals surface area contributed by atoms with Crippen molar-refractivity contribution in [2.75, 3.05) is 11.1 Å². The molecule has 0 saturated carbocycles. The lowest BCUT2D eigenvalue weighted by molar-refractivity contribution is -0.113. The number of nitrogens with zero attached hydrogens (tertiary/aromatic N) is 3. The standard InChI is InChI=1S/C21H20BrCl2N5O2S/c1-3-29-19(12(2)25-20(31)16-9-6-14(23)10-17(16)24)27-28-21(29)32-11-18(30)26-15-7-4-13(22)5-8-15/h4-10,12H,3,11H2,1-2H3,(H,25,31)(H,26,30)/t12-/m1/s1. The summed E-state index contributed by atoms with van der Waals surface area (Å²) in [6, 6.07) is 11.6. The Morgan fingerprint density at radius 2 is 1.88 bits per heavy atom. The Kier molecular flexibility index (Phi) is 8.58. The first-order valence-corrected chi connectivity index (χ1v) is 12.2. The molecule has 1 atom stereocenters. The molecule has 2 aromatic carbocycles. The third-order valence-corrected chi connectivity index (χ3v) is 6.48. The van der Waals surface area contributed by atoms with Crippen LogP contribution in [0.5, 0.6) is 0 Å². The van der Waals surface area contributed by atoms with Crippen LogP contribution in [0.1, 0.15) is 36.1 Å². The number of amides is 2. The lowest BCUT2D eigenvalue weighted by Gasteiger charge is -2.15. The molecule has 0 aliphatic carbocycles. The van der Waals surface area contributed by atoms with Crippen molar-refractivity contribution in [3.8, 4) is 0 Å². The summed E-state index contributed by atoms with van der Waals surface area (Å²) in [4.78, 5) is 24.9. The molecule has 3 aromatic rings. The van der Waals surface area contributed by atoms with Crippen molar-refractivity contribution < 1.29 is 9.59 Å². The Bertz CT molecular complexity index is 1120. The molecule has 0 fully saturated rings. The van der Waals surface area contributed by atoms with Gasteiger partial charge >= 0.3 is 0 Å². The van der Waals surface area contributed by atoms with E-state index in [1.165, 1.54) is 17.8 Å². The molecule has 1 aromatic heterocycles. The Labute approximate surface area is 208 Å². The molecular weight excluding hydrogens is 537 g/mol. The molecule has 168 valence electrons. The molecule has 0 bridgehead atoms. The highest BCUT2D eigenvalue weighted by atomic mass is 79.9. The third kappa shape index (κ3) is 6.25. The average molecular weight is 557 g/mol. The topological polar surface area (TPSA) is 88.9 Å². The zero-order chi connectivity index (χ0) is 23.3. The predicted octanol–water partition coefficient (Wildman–Crippen LogP) is 5.59. The monoisotopic (exact) mass is 555 g/mol. The molecule has 0 unspecified atom stereocenters. The number of carbonyl (C=O) groups is 2. The van der Waals surface area contributed by atoms with Gasteiger partial charge in [-0.05, 0) is 56.3 Å². The summed E-state index contributed by atoms with van der Waals surface area (Å²) < 4.78 is 2.81. The van der Waals surface area contributed by atoms with Crippen LogP contribution in [0.3, 0.4) is 0 Å². The van der Waals surface area contributed by atoms with Crippen LogP contribution in [0.2, 0.25) is 10.0 Å². The van der Waals surface area contributed by atoms with Gasteiger partial charge in [0.2, 0.25) is 5.91 Å². The molecule has 1 heterocycles. The molecule has 0 saturated heterocycles. The Hall–Kier alpha value is -2.07. The van der Waals surface area contributed by atoms with E-state index in [2.05, 4.69) is 36.8 Å². The van der Waals surface area contributed by atoms with Gasteiger partial charge in [-0.1, -0.05) is 50.9 Å².